The number of amides is 2. The molecular formula is C31H38BrN3O4S. The molecule has 0 aliphatic heterocycles. The van der Waals surface area contributed by atoms with E-state index in [1.807, 2.05) is 73.7 Å². The van der Waals surface area contributed by atoms with Crippen molar-refractivity contribution in [3.05, 3.63) is 100 Å². The second-order valence-electron chi connectivity index (χ2n) is 10.2. The molecule has 0 saturated carbocycles. The molecule has 0 heterocycles. The van der Waals surface area contributed by atoms with Crippen molar-refractivity contribution >= 4 is 43.5 Å². The van der Waals surface area contributed by atoms with Gasteiger partial charge in [-0.15, -0.1) is 0 Å². The normalized spacial score (nSPS) is 12.2. The number of hydrogen-bond acceptors (Lipinski definition) is 4. The van der Waals surface area contributed by atoms with Crippen LogP contribution in [0.1, 0.15) is 49.8 Å². The highest BCUT2D eigenvalue weighted by atomic mass is 79.9. The van der Waals surface area contributed by atoms with Crippen LogP contribution >= 0.6 is 15.9 Å². The first-order valence-electron chi connectivity index (χ1n) is 13.4. The number of sulfonamides is 1. The Hall–Kier alpha value is -3.17. The predicted molar refractivity (Wildman–Crippen MR) is 165 cm³/mol. The van der Waals surface area contributed by atoms with Crippen LogP contribution in [0, 0.1) is 0 Å². The van der Waals surface area contributed by atoms with Crippen molar-refractivity contribution in [1.82, 2.24) is 10.2 Å². The second kappa shape index (κ2) is 14.5. The third kappa shape index (κ3) is 8.93. The van der Waals surface area contributed by atoms with Crippen LogP contribution in [0.25, 0.3) is 0 Å². The molecule has 0 saturated heterocycles. The van der Waals surface area contributed by atoms with E-state index < -0.39 is 28.5 Å². The summed E-state index contributed by atoms with van der Waals surface area (Å²) in [5.74, 6) is -0.457. The molecule has 7 nitrogen and oxygen atoms in total. The molecule has 0 aliphatic carbocycles. The Morgan fingerprint density at radius 3 is 2.08 bits per heavy atom. The third-order valence-corrected chi connectivity index (χ3v) is 8.28. The van der Waals surface area contributed by atoms with Crippen molar-refractivity contribution in [3.63, 3.8) is 0 Å². The number of benzene rings is 3. The first-order valence-corrected chi connectivity index (χ1v) is 16.1. The third-order valence-electron chi connectivity index (χ3n) is 6.61. The molecule has 1 atom stereocenters. The van der Waals surface area contributed by atoms with Gasteiger partial charge in [-0.1, -0.05) is 91.3 Å². The maximum absolute atomic E-state index is 14.1. The largest absolute Gasteiger partial charge is 0.354 e. The minimum atomic E-state index is -3.80. The first kappa shape index (κ1) is 31.4. The van der Waals surface area contributed by atoms with E-state index in [4.69, 9.17) is 0 Å². The van der Waals surface area contributed by atoms with Gasteiger partial charge in [0.15, 0.2) is 0 Å². The molecule has 1 N–H and O–H groups in total. The van der Waals surface area contributed by atoms with E-state index in [-0.39, 0.29) is 18.4 Å². The van der Waals surface area contributed by atoms with Gasteiger partial charge in [-0.25, -0.2) is 8.42 Å². The number of rotatable bonds is 13. The first-order chi connectivity index (χ1) is 19.0. The van der Waals surface area contributed by atoms with Crippen LogP contribution < -0.4 is 9.62 Å². The van der Waals surface area contributed by atoms with Crippen LogP contribution in [0.15, 0.2) is 83.3 Å². The molecule has 0 fully saturated rings. The van der Waals surface area contributed by atoms with Crippen LogP contribution in [0.2, 0.25) is 0 Å². The molecule has 2 amide bonds. The van der Waals surface area contributed by atoms with Gasteiger partial charge in [0.05, 0.1) is 11.9 Å². The minimum Gasteiger partial charge on any atom is -0.354 e. The van der Waals surface area contributed by atoms with E-state index in [0.717, 1.165) is 38.1 Å². The maximum Gasteiger partial charge on any atom is 0.244 e. The highest BCUT2D eigenvalue weighted by Crippen LogP contribution is 2.23. The van der Waals surface area contributed by atoms with E-state index in [1.165, 1.54) is 4.90 Å². The van der Waals surface area contributed by atoms with Crippen LogP contribution in [0.4, 0.5) is 5.69 Å². The molecule has 3 rings (SSSR count). The number of anilines is 1. The number of hydrogen-bond donors (Lipinski definition) is 1. The number of carbonyl (C=O) groups excluding carboxylic acids is 2. The van der Waals surface area contributed by atoms with Crippen molar-refractivity contribution in [2.75, 3.05) is 23.7 Å². The average molecular weight is 629 g/mol. The zero-order chi connectivity index (χ0) is 29.3. The van der Waals surface area contributed by atoms with Crippen molar-refractivity contribution in [2.45, 2.75) is 52.1 Å². The summed E-state index contributed by atoms with van der Waals surface area (Å²) in [6.07, 6.45) is 2.13. The van der Waals surface area contributed by atoms with Crippen molar-refractivity contribution < 1.29 is 18.0 Å². The molecular weight excluding hydrogens is 590 g/mol. The van der Waals surface area contributed by atoms with Crippen molar-refractivity contribution in [1.29, 1.82) is 0 Å². The lowest BCUT2D eigenvalue weighted by molar-refractivity contribution is -0.140. The molecule has 0 radical (unpaired) electrons. The number of nitrogens with zero attached hydrogens (tertiary/aromatic N) is 2. The van der Waals surface area contributed by atoms with E-state index in [1.54, 1.807) is 12.1 Å². The van der Waals surface area contributed by atoms with Gasteiger partial charge in [-0.3, -0.25) is 13.9 Å². The summed E-state index contributed by atoms with van der Waals surface area (Å²) in [6, 6.07) is 23.4. The number of carbonyl (C=O) groups is 2. The van der Waals surface area contributed by atoms with Gasteiger partial charge in [0, 0.05) is 24.0 Å². The van der Waals surface area contributed by atoms with Gasteiger partial charge in [-0.2, -0.15) is 0 Å². The van der Waals surface area contributed by atoms with Crippen LogP contribution in [0.3, 0.4) is 0 Å². The van der Waals surface area contributed by atoms with Crippen LogP contribution in [-0.2, 0) is 32.6 Å². The molecule has 0 bridgehead atoms. The average Bonchev–Trinajstić information content (AvgIpc) is 2.93. The smallest absolute Gasteiger partial charge is 0.244 e. The Kier molecular flexibility index (Phi) is 11.3. The fraction of sp³-hybridized carbons (Fsp3) is 0.355. The Bertz CT molecular complexity index is 1360. The Morgan fingerprint density at radius 1 is 0.900 bits per heavy atom. The molecule has 0 aliphatic rings. The lowest BCUT2D eigenvalue weighted by Gasteiger charge is -2.33. The lowest BCUT2D eigenvalue weighted by Crippen LogP contribution is -2.53. The lowest BCUT2D eigenvalue weighted by atomic mass is 10.0. The summed E-state index contributed by atoms with van der Waals surface area (Å²) in [5.41, 5.74) is 3.19. The molecule has 3 aromatic rings. The van der Waals surface area contributed by atoms with E-state index in [2.05, 4.69) is 35.1 Å². The number of nitrogens with one attached hydrogen (secondary N) is 1. The molecule has 214 valence electrons. The van der Waals surface area contributed by atoms with E-state index in [0.29, 0.717) is 18.7 Å². The SMILES string of the molecule is CCCNC(=O)[C@H](Cc1ccccc1)N(Cc1ccc(Br)cc1)C(=O)CN(c1ccc(C(C)C)cc1)S(C)(=O)=O. The second-order valence-corrected chi connectivity index (χ2v) is 13.0. The molecule has 40 heavy (non-hydrogen) atoms. The van der Waals surface area contributed by atoms with E-state index >= 15 is 0 Å². The predicted octanol–water partition coefficient (Wildman–Crippen LogP) is 5.50. The van der Waals surface area contributed by atoms with Gasteiger partial charge in [0.25, 0.3) is 0 Å². The maximum atomic E-state index is 14.1. The highest BCUT2D eigenvalue weighted by Gasteiger charge is 2.33. The van der Waals surface area contributed by atoms with Crippen LogP contribution in [-0.4, -0.2) is 50.5 Å². The highest BCUT2D eigenvalue weighted by molar-refractivity contribution is 9.10. The van der Waals surface area contributed by atoms with E-state index in [9.17, 15) is 18.0 Å². The molecule has 0 spiro atoms. The quantitative estimate of drug-likeness (QED) is 0.271. The molecule has 0 aromatic heterocycles. The van der Waals surface area contributed by atoms with Gasteiger partial charge in [0.2, 0.25) is 21.8 Å². The summed E-state index contributed by atoms with van der Waals surface area (Å²) in [7, 11) is -3.80. The van der Waals surface area contributed by atoms with Crippen LogP contribution in [0.5, 0.6) is 0 Å². The summed E-state index contributed by atoms with van der Waals surface area (Å²) in [5, 5.41) is 2.94. The molecule has 3 aromatic carbocycles. The summed E-state index contributed by atoms with van der Waals surface area (Å²) in [6.45, 7) is 6.27. The molecule has 9 heteroatoms. The Labute approximate surface area is 246 Å². The monoisotopic (exact) mass is 627 g/mol. The fourth-order valence-electron chi connectivity index (χ4n) is 4.35. The zero-order valence-electron chi connectivity index (χ0n) is 23.5. The van der Waals surface area contributed by atoms with Gasteiger partial charge >= 0.3 is 0 Å². The van der Waals surface area contributed by atoms with Crippen molar-refractivity contribution in [2.24, 2.45) is 0 Å². The zero-order valence-corrected chi connectivity index (χ0v) is 25.9. The topological polar surface area (TPSA) is 86.8 Å². The summed E-state index contributed by atoms with van der Waals surface area (Å²) in [4.78, 5) is 29.1. The summed E-state index contributed by atoms with van der Waals surface area (Å²) >= 11 is 3.44. The van der Waals surface area contributed by atoms with Gasteiger partial charge in [0.1, 0.15) is 12.6 Å². The summed E-state index contributed by atoms with van der Waals surface area (Å²) < 4.78 is 27.8. The fourth-order valence-corrected chi connectivity index (χ4v) is 5.46. The standard InChI is InChI=1S/C31H38BrN3O4S/c1-5-19-33-31(37)29(20-24-9-7-6-8-10-24)34(21-25-11-15-27(32)16-12-25)30(36)22-35(40(4,38)39)28-17-13-26(14-18-28)23(2)3/h6-18,23,29H,5,19-22H2,1-4H3,(H,33,37)/t29-/m0/s1. The number of halogens is 1. The van der Waals surface area contributed by atoms with Gasteiger partial charge < -0.3 is 10.2 Å². The Balaban J connectivity index is 2.02. The van der Waals surface area contributed by atoms with Crippen molar-refractivity contribution in [3.8, 4) is 0 Å². The minimum absolute atomic E-state index is 0.146. The molecule has 0 unspecified atom stereocenters. The Morgan fingerprint density at radius 2 is 1.52 bits per heavy atom. The van der Waals surface area contributed by atoms with Gasteiger partial charge in [-0.05, 0) is 53.3 Å².